The van der Waals surface area contributed by atoms with Gasteiger partial charge in [0.1, 0.15) is 0 Å². The van der Waals surface area contributed by atoms with Crippen molar-refractivity contribution in [1.82, 2.24) is 10.2 Å². The summed E-state index contributed by atoms with van der Waals surface area (Å²) >= 11 is 0. The van der Waals surface area contributed by atoms with Crippen LogP contribution in [0.25, 0.3) is 0 Å². The van der Waals surface area contributed by atoms with Crippen LogP contribution < -0.4 is 5.32 Å². The summed E-state index contributed by atoms with van der Waals surface area (Å²) in [5.41, 5.74) is 2.80. The van der Waals surface area contributed by atoms with Crippen molar-refractivity contribution < 1.29 is 4.74 Å². The molecule has 1 aliphatic rings. The Morgan fingerprint density at radius 3 is 2.89 bits per heavy atom. The van der Waals surface area contributed by atoms with Crippen molar-refractivity contribution in [3.8, 4) is 0 Å². The minimum absolute atomic E-state index is 0.421. The van der Waals surface area contributed by atoms with Crippen molar-refractivity contribution in [3.63, 3.8) is 0 Å². The van der Waals surface area contributed by atoms with Crippen LogP contribution in [0.5, 0.6) is 0 Å². The van der Waals surface area contributed by atoms with E-state index in [1.165, 1.54) is 11.1 Å². The van der Waals surface area contributed by atoms with Gasteiger partial charge in [0.05, 0.1) is 6.61 Å². The summed E-state index contributed by atoms with van der Waals surface area (Å²) in [4.78, 5) is 2.52. The molecule has 0 spiro atoms. The van der Waals surface area contributed by atoms with Gasteiger partial charge in [0.15, 0.2) is 0 Å². The fourth-order valence-electron chi connectivity index (χ4n) is 2.74. The van der Waals surface area contributed by atoms with Crippen molar-refractivity contribution in [1.29, 1.82) is 0 Å². The molecule has 19 heavy (non-hydrogen) atoms. The maximum atomic E-state index is 5.53. The first-order valence-corrected chi connectivity index (χ1v) is 7.40. The Kier molecular flexibility index (Phi) is 5.83. The third kappa shape index (κ3) is 4.30. The molecule has 1 saturated heterocycles. The van der Waals surface area contributed by atoms with Crippen LogP contribution in [0.1, 0.15) is 30.5 Å². The lowest BCUT2D eigenvalue weighted by molar-refractivity contribution is 0.139. The number of hydrogen-bond donors (Lipinski definition) is 1. The molecule has 1 heterocycles. The van der Waals surface area contributed by atoms with Gasteiger partial charge in [0.25, 0.3) is 0 Å². The summed E-state index contributed by atoms with van der Waals surface area (Å²) in [7, 11) is 0. The van der Waals surface area contributed by atoms with E-state index in [2.05, 4.69) is 48.3 Å². The Balaban J connectivity index is 2.05. The van der Waals surface area contributed by atoms with Crippen LogP contribution in [0.3, 0.4) is 0 Å². The van der Waals surface area contributed by atoms with Crippen LogP contribution in [0.4, 0.5) is 0 Å². The van der Waals surface area contributed by atoms with Gasteiger partial charge < -0.3 is 10.1 Å². The van der Waals surface area contributed by atoms with Gasteiger partial charge in [-0.1, -0.05) is 31.2 Å². The van der Waals surface area contributed by atoms with Gasteiger partial charge in [-0.05, 0) is 31.0 Å². The van der Waals surface area contributed by atoms with Crippen molar-refractivity contribution in [2.75, 3.05) is 39.4 Å². The highest BCUT2D eigenvalue weighted by molar-refractivity contribution is 5.29. The van der Waals surface area contributed by atoms with Gasteiger partial charge >= 0.3 is 0 Å². The molecule has 1 aromatic carbocycles. The van der Waals surface area contributed by atoms with Crippen LogP contribution in [0, 0.1) is 6.92 Å². The Labute approximate surface area is 116 Å². The quantitative estimate of drug-likeness (QED) is 0.881. The number of aryl methyl sites for hydroxylation is 1. The SMILES string of the molecule is CCNC(CN1CCCOCC1)c1ccccc1C. The summed E-state index contributed by atoms with van der Waals surface area (Å²) in [6, 6.07) is 9.12. The van der Waals surface area contributed by atoms with Crippen molar-refractivity contribution in [3.05, 3.63) is 35.4 Å². The largest absolute Gasteiger partial charge is 0.380 e. The highest BCUT2D eigenvalue weighted by Gasteiger charge is 2.17. The highest BCUT2D eigenvalue weighted by atomic mass is 16.5. The zero-order valence-corrected chi connectivity index (χ0v) is 12.2. The van der Waals surface area contributed by atoms with Gasteiger partial charge in [0, 0.05) is 32.3 Å². The molecule has 0 aromatic heterocycles. The van der Waals surface area contributed by atoms with E-state index >= 15 is 0 Å². The summed E-state index contributed by atoms with van der Waals surface area (Å²) in [6.45, 7) is 10.4. The van der Waals surface area contributed by atoms with Gasteiger partial charge in [-0.25, -0.2) is 0 Å². The topological polar surface area (TPSA) is 24.5 Å². The highest BCUT2D eigenvalue weighted by Crippen LogP contribution is 2.19. The molecule has 2 rings (SSSR count). The standard InChI is InChI=1S/C16H26N2O/c1-3-17-16(15-8-5-4-7-14(15)2)13-18-9-6-11-19-12-10-18/h4-5,7-8,16-17H,3,6,9-13H2,1-2H3. The minimum Gasteiger partial charge on any atom is -0.380 e. The van der Waals surface area contributed by atoms with Crippen molar-refractivity contribution in [2.45, 2.75) is 26.3 Å². The average molecular weight is 262 g/mol. The van der Waals surface area contributed by atoms with Crippen LogP contribution in [0.15, 0.2) is 24.3 Å². The summed E-state index contributed by atoms with van der Waals surface area (Å²) in [5.74, 6) is 0. The fourth-order valence-corrected chi connectivity index (χ4v) is 2.74. The second-order valence-electron chi connectivity index (χ2n) is 5.23. The van der Waals surface area contributed by atoms with Crippen LogP contribution >= 0.6 is 0 Å². The number of rotatable bonds is 5. The number of nitrogens with zero attached hydrogens (tertiary/aromatic N) is 1. The second-order valence-corrected chi connectivity index (χ2v) is 5.23. The van der Waals surface area contributed by atoms with E-state index in [9.17, 15) is 0 Å². The number of ether oxygens (including phenoxy) is 1. The normalized spacial score (nSPS) is 19.1. The molecule has 0 aliphatic carbocycles. The van der Waals surface area contributed by atoms with Crippen LogP contribution in [0.2, 0.25) is 0 Å². The Morgan fingerprint density at radius 2 is 2.11 bits per heavy atom. The lowest BCUT2D eigenvalue weighted by atomic mass is 10.0. The summed E-state index contributed by atoms with van der Waals surface area (Å²) in [6.07, 6.45) is 1.15. The summed E-state index contributed by atoms with van der Waals surface area (Å²) < 4.78 is 5.53. The van der Waals surface area contributed by atoms with Gasteiger partial charge in [-0.3, -0.25) is 4.90 Å². The lowest BCUT2D eigenvalue weighted by Crippen LogP contribution is -2.37. The molecule has 0 radical (unpaired) electrons. The van der Waals surface area contributed by atoms with E-state index in [0.29, 0.717) is 6.04 Å². The third-order valence-corrected chi connectivity index (χ3v) is 3.77. The predicted octanol–water partition coefficient (Wildman–Crippen LogP) is 2.37. The molecule has 1 aliphatic heterocycles. The van der Waals surface area contributed by atoms with Crippen LogP contribution in [-0.2, 0) is 4.74 Å². The van der Waals surface area contributed by atoms with E-state index < -0.39 is 0 Å². The van der Waals surface area contributed by atoms with Crippen LogP contribution in [-0.4, -0.2) is 44.3 Å². The zero-order valence-electron chi connectivity index (χ0n) is 12.2. The Bertz CT molecular complexity index is 373. The number of nitrogens with one attached hydrogen (secondary N) is 1. The molecule has 1 fully saturated rings. The molecule has 1 N–H and O–H groups in total. The number of benzene rings is 1. The van der Waals surface area contributed by atoms with Gasteiger partial charge in [0.2, 0.25) is 0 Å². The van der Waals surface area contributed by atoms with Crippen molar-refractivity contribution in [2.24, 2.45) is 0 Å². The molecule has 0 saturated carbocycles. The smallest absolute Gasteiger partial charge is 0.0593 e. The second kappa shape index (κ2) is 7.63. The first-order chi connectivity index (χ1) is 9.31. The molecule has 106 valence electrons. The van der Waals surface area contributed by atoms with E-state index in [-0.39, 0.29) is 0 Å². The zero-order chi connectivity index (χ0) is 13.5. The fraction of sp³-hybridized carbons (Fsp3) is 0.625. The van der Waals surface area contributed by atoms with E-state index in [1.807, 2.05) is 0 Å². The van der Waals surface area contributed by atoms with Gasteiger partial charge in [-0.2, -0.15) is 0 Å². The maximum Gasteiger partial charge on any atom is 0.0593 e. The molecule has 1 aromatic rings. The minimum atomic E-state index is 0.421. The summed E-state index contributed by atoms with van der Waals surface area (Å²) in [5, 5.41) is 3.62. The first-order valence-electron chi connectivity index (χ1n) is 7.40. The lowest BCUT2D eigenvalue weighted by Gasteiger charge is -2.27. The molecule has 0 amide bonds. The Hall–Kier alpha value is -0.900. The number of hydrogen-bond acceptors (Lipinski definition) is 3. The Morgan fingerprint density at radius 1 is 1.26 bits per heavy atom. The molecular formula is C16H26N2O. The third-order valence-electron chi connectivity index (χ3n) is 3.77. The number of likely N-dealkylation sites (N-methyl/N-ethyl adjacent to an activating group) is 1. The molecule has 3 nitrogen and oxygen atoms in total. The molecular weight excluding hydrogens is 236 g/mol. The molecule has 3 heteroatoms. The predicted molar refractivity (Wildman–Crippen MR) is 79.5 cm³/mol. The monoisotopic (exact) mass is 262 g/mol. The van der Waals surface area contributed by atoms with E-state index in [4.69, 9.17) is 4.74 Å². The van der Waals surface area contributed by atoms with Gasteiger partial charge in [-0.15, -0.1) is 0 Å². The molecule has 1 unspecified atom stereocenters. The maximum absolute atomic E-state index is 5.53. The molecule has 1 atom stereocenters. The first kappa shape index (κ1) is 14.5. The van der Waals surface area contributed by atoms with Crippen molar-refractivity contribution >= 4 is 0 Å². The van der Waals surface area contributed by atoms with E-state index in [1.54, 1.807) is 0 Å². The average Bonchev–Trinajstić information content (AvgIpc) is 2.67. The molecule has 0 bridgehead atoms. The van der Waals surface area contributed by atoms with E-state index in [0.717, 1.165) is 45.8 Å².